The van der Waals surface area contributed by atoms with Crippen molar-refractivity contribution in [1.29, 1.82) is 0 Å². The topological polar surface area (TPSA) is 170 Å². The molecule has 0 aliphatic carbocycles. The number of phenols is 2. The van der Waals surface area contributed by atoms with Gasteiger partial charge in [-0.3, -0.25) is 0 Å². The van der Waals surface area contributed by atoms with E-state index in [1.54, 1.807) is 31.4 Å². The quantitative estimate of drug-likeness (QED) is 0.0459. The molecule has 0 radical (unpaired) electrons. The summed E-state index contributed by atoms with van der Waals surface area (Å²) in [5, 5.41) is 44.3. The third-order valence-electron chi connectivity index (χ3n) is 17.0. The molecule has 3 fully saturated rings. The van der Waals surface area contributed by atoms with Crippen LogP contribution in [0.15, 0.2) is 164 Å². The first-order chi connectivity index (χ1) is 43.7. The molecule has 0 unspecified atom stereocenters. The molecule has 0 saturated carbocycles. The van der Waals surface area contributed by atoms with Crippen molar-refractivity contribution in [3.05, 3.63) is 180 Å². The Kier molecular flexibility index (Phi) is 21.4. The first kappa shape index (κ1) is 65.6. The Morgan fingerprint density at radius 1 is 0.385 bits per heavy atom. The van der Waals surface area contributed by atoms with Crippen LogP contribution in [0, 0.1) is 0 Å². The van der Waals surface area contributed by atoms with Crippen LogP contribution < -0.4 is 51.3 Å². The van der Waals surface area contributed by atoms with Gasteiger partial charge in [-0.05, 0) is 172 Å². The number of piperidine rings is 3. The Hall–Kier alpha value is -8.37. The van der Waals surface area contributed by atoms with Crippen molar-refractivity contribution in [3.63, 3.8) is 0 Å². The molecule has 8 N–H and O–H groups in total. The molecule has 12 rings (SSSR count). The molecule has 3 aliphatic heterocycles. The highest BCUT2D eigenvalue weighted by Gasteiger charge is 2.28. The zero-order valence-corrected chi connectivity index (χ0v) is 55.4. The number of aromatic hydroxyl groups is 2. The number of rotatable bonds is 16. The summed E-state index contributed by atoms with van der Waals surface area (Å²) < 4.78 is 5.25. The van der Waals surface area contributed by atoms with E-state index in [9.17, 15) is 10.2 Å². The van der Waals surface area contributed by atoms with Gasteiger partial charge < -0.3 is 61.6 Å². The van der Waals surface area contributed by atoms with Gasteiger partial charge in [-0.1, -0.05) is 91.0 Å². The number of anilines is 6. The van der Waals surface area contributed by atoms with Gasteiger partial charge >= 0.3 is 0 Å². The predicted octanol–water partition coefficient (Wildman–Crippen LogP) is 15.0. The van der Waals surface area contributed by atoms with Gasteiger partial charge in [0.05, 0.1) is 23.7 Å². The van der Waals surface area contributed by atoms with Crippen molar-refractivity contribution in [2.24, 2.45) is 0 Å². The maximum absolute atomic E-state index is 9.48. The lowest BCUT2D eigenvalue weighted by atomic mass is 9.99. The summed E-state index contributed by atoms with van der Waals surface area (Å²) in [6.45, 7) is 28.5. The van der Waals surface area contributed by atoms with E-state index in [-0.39, 0.29) is 28.1 Å². The van der Waals surface area contributed by atoms with Gasteiger partial charge in [-0.2, -0.15) is 0 Å². The van der Waals surface area contributed by atoms with Crippen molar-refractivity contribution in [1.82, 2.24) is 30.9 Å². The fourth-order valence-electron chi connectivity index (χ4n) is 12.7. The normalized spacial score (nSPS) is 15.4. The number of para-hydroxylation sites is 3. The average molecular weight is 1230 g/mol. The highest BCUT2D eigenvalue weighted by molar-refractivity contribution is 5.95. The number of ether oxygens (including phenoxy) is 1. The predicted molar refractivity (Wildman–Crippen MR) is 381 cm³/mol. The van der Waals surface area contributed by atoms with E-state index in [4.69, 9.17) is 19.7 Å². The maximum Gasteiger partial charge on any atom is 0.129 e. The highest BCUT2D eigenvalue weighted by atomic mass is 16.5. The molecular weight excluding hydrogens is 1130 g/mol. The molecule has 0 atom stereocenters. The molecule has 15 nitrogen and oxygen atoms in total. The summed E-state index contributed by atoms with van der Waals surface area (Å²) in [6.07, 6.45) is 6.88. The van der Waals surface area contributed by atoms with Crippen molar-refractivity contribution in [2.75, 3.05) is 77.0 Å². The third kappa shape index (κ3) is 19.1. The first-order valence-electron chi connectivity index (χ1n) is 32.8. The molecule has 3 aliphatic rings. The molecule has 0 spiro atoms. The lowest BCUT2D eigenvalue weighted by molar-refractivity contribution is 0.317. The van der Waals surface area contributed by atoms with Crippen LogP contribution in [-0.2, 0) is 19.6 Å². The summed E-state index contributed by atoms with van der Waals surface area (Å²) in [5.74, 6) is 4.13. The molecular formula is C76H98N12O3. The number of aromatic nitrogens is 3. The summed E-state index contributed by atoms with van der Waals surface area (Å²) >= 11 is 0. The Morgan fingerprint density at radius 3 is 0.912 bits per heavy atom. The van der Waals surface area contributed by atoms with Gasteiger partial charge in [0, 0.05) is 145 Å². The Bertz CT molecular complexity index is 3600. The SMILES string of the molecule is CC(C)(C)NC1CCN(c2cc(NCc3ccc(O)cc3)nc3ccccc23)CC1.CC(C)(C)NC1CCN(c2cc(NCc3ccc(O)cc3)nc3ccccc23)CC1.COc1ccc(CNc2cc(N3CCC(NC(C)(C)C)CC3)c3ccccc3n2)cc1. The molecule has 15 heteroatoms. The molecule has 3 aromatic heterocycles. The smallest absolute Gasteiger partial charge is 0.129 e. The molecule has 6 aromatic carbocycles. The zero-order valence-electron chi connectivity index (χ0n) is 55.4. The van der Waals surface area contributed by atoms with Crippen molar-refractivity contribution < 1.29 is 14.9 Å². The Morgan fingerprint density at radius 2 is 0.648 bits per heavy atom. The third-order valence-corrected chi connectivity index (χ3v) is 17.0. The number of hydrogen-bond acceptors (Lipinski definition) is 15. The van der Waals surface area contributed by atoms with E-state index in [0.29, 0.717) is 31.2 Å². The second kappa shape index (κ2) is 29.7. The second-order valence-corrected chi connectivity index (χ2v) is 27.8. The maximum atomic E-state index is 9.48. The van der Waals surface area contributed by atoms with E-state index >= 15 is 0 Å². The lowest BCUT2D eigenvalue weighted by Crippen LogP contribution is -2.49. The van der Waals surface area contributed by atoms with Crippen LogP contribution in [0.25, 0.3) is 32.7 Å². The van der Waals surface area contributed by atoms with E-state index < -0.39 is 0 Å². The Balaban J connectivity index is 0.000000150. The van der Waals surface area contributed by atoms with Crippen LogP contribution in [-0.4, -0.2) is 106 Å². The minimum Gasteiger partial charge on any atom is -0.508 e. The first-order valence-corrected chi connectivity index (χ1v) is 32.8. The Labute approximate surface area is 540 Å². The molecule has 91 heavy (non-hydrogen) atoms. The molecule has 6 heterocycles. The van der Waals surface area contributed by atoms with Gasteiger partial charge in [-0.15, -0.1) is 0 Å². The molecule has 480 valence electrons. The van der Waals surface area contributed by atoms with Gasteiger partial charge in [0.2, 0.25) is 0 Å². The van der Waals surface area contributed by atoms with Gasteiger partial charge in [0.15, 0.2) is 0 Å². The fraction of sp³-hybridized carbons (Fsp3) is 0.408. The summed E-state index contributed by atoms with van der Waals surface area (Å²) in [5.41, 5.74) is 10.7. The average Bonchev–Trinajstić information content (AvgIpc) is 1.18. The standard InChI is InChI=1S/C26H34N4O.2C25H32N4O/c1-26(2,3)29-20-13-15-30(16-14-20)24-17-25(28-23-8-6-5-7-22(23)24)27-18-19-9-11-21(31-4)12-10-19;2*1-25(2,3)28-19-12-14-29(15-13-19)23-16-24(27-22-7-5-4-6-21(22)23)26-17-18-8-10-20(30)11-9-18/h5-12,17,20,29H,13-16,18H2,1-4H3,(H,27,28);2*4-11,16,19,28,30H,12-15,17H2,1-3H3,(H,26,27). The fourth-order valence-corrected chi connectivity index (χ4v) is 12.7. The number of fused-ring (bicyclic) bond motifs is 3. The van der Waals surface area contributed by atoms with Crippen molar-refractivity contribution in [2.45, 2.75) is 155 Å². The monoisotopic (exact) mass is 1230 g/mol. The molecule has 3 saturated heterocycles. The molecule has 9 aromatic rings. The largest absolute Gasteiger partial charge is 0.508 e. The van der Waals surface area contributed by atoms with E-state index in [1.165, 1.54) is 38.8 Å². The number of pyridine rings is 3. The van der Waals surface area contributed by atoms with Crippen LogP contribution in [0.4, 0.5) is 34.5 Å². The van der Waals surface area contributed by atoms with Crippen molar-refractivity contribution in [3.8, 4) is 17.2 Å². The number of nitrogens with zero attached hydrogens (tertiary/aromatic N) is 6. The van der Waals surface area contributed by atoms with Crippen LogP contribution in [0.3, 0.4) is 0 Å². The number of phenolic OH excluding ortho intramolecular Hbond substituents is 2. The van der Waals surface area contributed by atoms with E-state index in [0.717, 1.165) is 135 Å². The summed E-state index contributed by atoms with van der Waals surface area (Å²) in [6, 6.07) is 56.2. The van der Waals surface area contributed by atoms with Crippen molar-refractivity contribution >= 4 is 67.2 Å². The van der Waals surface area contributed by atoms with Gasteiger partial charge in [0.1, 0.15) is 34.7 Å². The van der Waals surface area contributed by atoms with Crippen LogP contribution in [0.2, 0.25) is 0 Å². The molecule has 0 bridgehead atoms. The minimum absolute atomic E-state index is 0.154. The van der Waals surface area contributed by atoms with E-state index in [2.05, 4.69) is 200 Å². The van der Waals surface area contributed by atoms with Crippen LogP contribution in [0.1, 0.15) is 118 Å². The van der Waals surface area contributed by atoms with E-state index in [1.807, 2.05) is 48.5 Å². The number of benzene rings is 6. The molecule has 0 amide bonds. The van der Waals surface area contributed by atoms with Gasteiger partial charge in [0.25, 0.3) is 0 Å². The zero-order chi connectivity index (χ0) is 64.1. The van der Waals surface area contributed by atoms with Gasteiger partial charge in [-0.25, -0.2) is 15.0 Å². The summed E-state index contributed by atoms with van der Waals surface area (Å²) in [4.78, 5) is 22.0. The van der Waals surface area contributed by atoms with Crippen LogP contribution in [0.5, 0.6) is 17.2 Å². The highest BCUT2D eigenvalue weighted by Crippen LogP contribution is 2.35. The lowest BCUT2D eigenvalue weighted by Gasteiger charge is -2.37. The summed E-state index contributed by atoms with van der Waals surface area (Å²) in [7, 11) is 1.69. The minimum atomic E-state index is 0.154. The number of hydrogen-bond donors (Lipinski definition) is 8. The number of methoxy groups -OCH3 is 1. The second-order valence-electron chi connectivity index (χ2n) is 27.8. The van der Waals surface area contributed by atoms with Crippen LogP contribution >= 0.6 is 0 Å². The number of nitrogens with one attached hydrogen (secondary N) is 6.